The molecule has 0 spiro atoms. The third-order valence-electron chi connectivity index (χ3n) is 13.3. The number of imidazole rings is 3. The summed E-state index contributed by atoms with van der Waals surface area (Å²) in [4.78, 5) is 0. The Morgan fingerprint density at radius 1 is 0.239 bits per heavy atom. The maximum absolute atomic E-state index is 2.30. The molecule has 0 saturated heterocycles. The minimum atomic E-state index is 0. The van der Waals surface area contributed by atoms with Crippen molar-refractivity contribution in [2.24, 2.45) is 21.1 Å². The predicted molar refractivity (Wildman–Crippen MR) is 279 cm³/mol. The van der Waals surface area contributed by atoms with Gasteiger partial charge in [-0.05, 0) is 38.5 Å². The van der Waals surface area contributed by atoms with Crippen LogP contribution >= 0.6 is 0 Å². The fourth-order valence-corrected chi connectivity index (χ4v) is 9.02. The molecule has 0 aliphatic carbocycles. The van der Waals surface area contributed by atoms with Gasteiger partial charge in [0.2, 0.25) is 19.0 Å². The van der Waals surface area contributed by atoms with Gasteiger partial charge >= 0.3 is 0 Å². The van der Waals surface area contributed by atoms with Crippen molar-refractivity contribution >= 4 is 0 Å². The Hall–Kier alpha value is -1.50. The van der Waals surface area contributed by atoms with Crippen molar-refractivity contribution in [1.82, 2.24) is 13.7 Å². The number of rotatable bonds is 43. The highest BCUT2D eigenvalue weighted by atomic mass is 35.5. The second kappa shape index (κ2) is 55.4. The zero-order valence-electron chi connectivity index (χ0n) is 45.4. The van der Waals surface area contributed by atoms with Gasteiger partial charge in [-0.2, -0.15) is 0 Å². The molecule has 3 rings (SSSR count). The van der Waals surface area contributed by atoms with Crippen LogP contribution in [0.25, 0.3) is 0 Å². The molecular weight excluding hydrogens is 887 g/mol. The maximum Gasteiger partial charge on any atom is 0.243 e. The average molecular weight is 1000 g/mol. The lowest BCUT2D eigenvalue weighted by atomic mass is 10.0. The molecule has 0 amide bonds. The molecule has 0 unspecified atom stereocenters. The number of aromatic nitrogens is 6. The molecule has 3 aromatic rings. The van der Waals surface area contributed by atoms with E-state index in [0.29, 0.717) is 0 Å². The highest BCUT2D eigenvalue weighted by Crippen LogP contribution is 2.16. The van der Waals surface area contributed by atoms with Crippen molar-refractivity contribution in [3.63, 3.8) is 0 Å². The zero-order valence-corrected chi connectivity index (χ0v) is 47.7. The maximum atomic E-state index is 2.30. The first-order valence-electron chi connectivity index (χ1n) is 28.5. The van der Waals surface area contributed by atoms with Crippen LogP contribution in [0.4, 0.5) is 0 Å². The summed E-state index contributed by atoms with van der Waals surface area (Å²) in [6, 6.07) is 0. The summed E-state index contributed by atoms with van der Waals surface area (Å²) in [7, 11) is 6.25. The van der Waals surface area contributed by atoms with Gasteiger partial charge in [-0.15, -0.1) is 0 Å². The van der Waals surface area contributed by atoms with Crippen molar-refractivity contribution < 1.29 is 50.9 Å². The topological polar surface area (TPSA) is 26.4 Å². The van der Waals surface area contributed by atoms with Crippen LogP contribution < -0.4 is 50.9 Å². The van der Waals surface area contributed by atoms with Crippen LogP contribution in [0.15, 0.2) is 56.2 Å². The molecule has 9 heteroatoms. The first-order valence-corrected chi connectivity index (χ1v) is 28.5. The molecule has 0 aliphatic heterocycles. The Morgan fingerprint density at radius 3 is 0.522 bits per heavy atom. The fraction of sp³-hybridized carbons (Fsp3) is 0.845. The van der Waals surface area contributed by atoms with Gasteiger partial charge in [0.15, 0.2) is 0 Å². The van der Waals surface area contributed by atoms with E-state index in [0.717, 1.165) is 0 Å². The van der Waals surface area contributed by atoms with Crippen molar-refractivity contribution in [1.29, 1.82) is 0 Å². The summed E-state index contributed by atoms with van der Waals surface area (Å²) >= 11 is 0. The van der Waals surface area contributed by atoms with Crippen molar-refractivity contribution in [3.8, 4) is 0 Å². The van der Waals surface area contributed by atoms with E-state index in [4.69, 9.17) is 0 Å². The summed E-state index contributed by atoms with van der Waals surface area (Å²) in [6.45, 7) is 10.4. The van der Waals surface area contributed by atoms with Crippen LogP contribution in [0.2, 0.25) is 0 Å². The van der Waals surface area contributed by atoms with Crippen LogP contribution in [0.1, 0.15) is 278 Å². The Bertz CT molecular complexity index is 1340. The Labute approximate surface area is 436 Å². The third-order valence-corrected chi connectivity index (χ3v) is 13.3. The van der Waals surface area contributed by atoms with Gasteiger partial charge in [0.1, 0.15) is 37.2 Å². The molecule has 0 bridgehead atoms. The van der Waals surface area contributed by atoms with Gasteiger partial charge in [0.25, 0.3) is 0 Å². The largest absolute Gasteiger partial charge is 1.00 e. The third kappa shape index (κ3) is 49.3. The van der Waals surface area contributed by atoms with E-state index in [9.17, 15) is 0 Å². The number of hydrogen-bond acceptors (Lipinski definition) is 0. The molecule has 0 N–H and O–H groups in total. The van der Waals surface area contributed by atoms with Gasteiger partial charge in [-0.1, -0.05) is 239 Å². The van der Waals surface area contributed by atoms with Gasteiger partial charge in [-0.3, -0.25) is 0 Å². The smallest absolute Gasteiger partial charge is 0.243 e. The molecular formula is C58H113Cl3N6. The molecule has 0 fully saturated rings. The van der Waals surface area contributed by atoms with E-state index < -0.39 is 0 Å². The Morgan fingerprint density at radius 2 is 0.388 bits per heavy atom. The molecule has 6 nitrogen and oxygen atoms in total. The summed E-state index contributed by atoms with van der Waals surface area (Å²) in [5.41, 5.74) is 0. The Kier molecular flexibility index (Phi) is 57.7. The van der Waals surface area contributed by atoms with Gasteiger partial charge < -0.3 is 37.2 Å². The average Bonchev–Trinajstić information content (AvgIpc) is 4.05. The normalized spacial score (nSPS) is 10.7. The summed E-state index contributed by atoms with van der Waals surface area (Å²) in [6.07, 6.45) is 76.6. The van der Waals surface area contributed by atoms with E-state index in [1.807, 2.05) is 0 Å². The standard InChI is InChI=1S/C22H43N2.C20H39N2.C16H31N2.3ClH/c1-3-4-5-6-7-8-9-10-11-12-13-14-15-16-17-18-19-24-21-20-23(2)22-24;1-3-4-5-6-7-8-9-10-11-12-13-14-15-16-17-22-19-18-21(2)20-22;1-3-4-5-6-7-8-9-10-11-12-13-18-15-14-17(2)16-18;;;/h20-22H,3-19H2,1-2H3;18-20H,3-17H2,1-2H3;14-16H,3-13H2,1-2H3;3*1H/q3*+1;;;/p-3. The van der Waals surface area contributed by atoms with Crippen LogP contribution in [-0.2, 0) is 40.8 Å². The SMILES string of the molecule is CCCCCCCCCCCCCCCCCCn1cc[n+](C)c1.CCCCCCCCCCCCCCCCn1cc[n+](C)c1.CCCCCCCCCCCCn1cc[n+](C)c1.[Cl-].[Cl-].[Cl-]. The molecule has 0 atom stereocenters. The fourth-order valence-electron chi connectivity index (χ4n) is 9.02. The molecule has 0 aromatic carbocycles. The van der Waals surface area contributed by atoms with E-state index in [2.05, 4.69) is 125 Å². The van der Waals surface area contributed by atoms with Crippen molar-refractivity contribution in [3.05, 3.63) is 56.2 Å². The quantitative estimate of drug-likeness (QED) is 0.0413. The van der Waals surface area contributed by atoms with E-state index in [1.165, 1.54) is 276 Å². The predicted octanol–water partition coefficient (Wildman–Crippen LogP) is 7.61. The van der Waals surface area contributed by atoms with E-state index in [1.54, 1.807) is 0 Å². The van der Waals surface area contributed by atoms with E-state index >= 15 is 0 Å². The van der Waals surface area contributed by atoms with Crippen LogP contribution in [0, 0.1) is 0 Å². The van der Waals surface area contributed by atoms with Crippen molar-refractivity contribution in [2.45, 2.75) is 297 Å². The Balaban J connectivity index is -0.000000905. The molecule has 0 aliphatic rings. The summed E-state index contributed by atoms with van der Waals surface area (Å²) in [5, 5.41) is 0. The van der Waals surface area contributed by atoms with Crippen molar-refractivity contribution in [2.75, 3.05) is 0 Å². The summed E-state index contributed by atoms with van der Waals surface area (Å²) < 4.78 is 13.2. The minimum Gasteiger partial charge on any atom is -1.00 e. The first kappa shape index (κ1) is 69.8. The van der Waals surface area contributed by atoms with Crippen LogP contribution in [-0.4, -0.2) is 13.7 Å². The molecule has 396 valence electrons. The monoisotopic (exact) mass is 999 g/mol. The first-order chi connectivity index (χ1) is 31.5. The lowest BCUT2D eigenvalue weighted by Gasteiger charge is -2.03. The molecule has 0 saturated carbocycles. The molecule has 3 heterocycles. The van der Waals surface area contributed by atoms with Gasteiger partial charge in [-0.25, -0.2) is 27.4 Å². The number of nitrogens with zero attached hydrogens (tertiary/aromatic N) is 6. The lowest BCUT2D eigenvalue weighted by Crippen LogP contribution is -3.00. The van der Waals surface area contributed by atoms with E-state index in [-0.39, 0.29) is 37.2 Å². The highest BCUT2D eigenvalue weighted by molar-refractivity contribution is 4.67. The minimum absolute atomic E-state index is 0. The number of aryl methyl sites for hydroxylation is 6. The lowest BCUT2D eigenvalue weighted by molar-refractivity contribution is -0.671. The molecule has 67 heavy (non-hydrogen) atoms. The molecule has 0 radical (unpaired) electrons. The van der Waals surface area contributed by atoms with Crippen LogP contribution in [0.3, 0.4) is 0 Å². The molecule has 3 aromatic heterocycles. The second-order valence-corrected chi connectivity index (χ2v) is 20.0. The van der Waals surface area contributed by atoms with Gasteiger partial charge in [0, 0.05) is 0 Å². The van der Waals surface area contributed by atoms with Crippen LogP contribution in [0.5, 0.6) is 0 Å². The number of halogens is 3. The second-order valence-electron chi connectivity index (χ2n) is 20.0. The number of hydrogen-bond donors (Lipinski definition) is 0. The summed E-state index contributed by atoms with van der Waals surface area (Å²) in [5.74, 6) is 0. The number of unbranched alkanes of at least 4 members (excludes halogenated alkanes) is 37. The highest BCUT2D eigenvalue weighted by Gasteiger charge is 2.02. The van der Waals surface area contributed by atoms with Gasteiger partial charge in [0.05, 0.1) is 40.8 Å². The zero-order chi connectivity index (χ0) is 46.2.